The molecule has 1 N–H and O–H groups in total. The van der Waals surface area contributed by atoms with Crippen molar-refractivity contribution >= 4 is 5.91 Å². The molecule has 0 unspecified atom stereocenters. The average molecular weight is 284 g/mol. The van der Waals surface area contributed by atoms with Gasteiger partial charge in [-0.25, -0.2) is 0 Å². The second-order valence-corrected chi connectivity index (χ2v) is 5.36. The molecular formula is C18H24N2O. The summed E-state index contributed by atoms with van der Waals surface area (Å²) in [5.74, 6) is 0.0196. The molecule has 0 aliphatic heterocycles. The molecule has 0 saturated carbocycles. The maximum atomic E-state index is 12.6. The van der Waals surface area contributed by atoms with Crippen molar-refractivity contribution in [2.45, 2.75) is 45.6 Å². The summed E-state index contributed by atoms with van der Waals surface area (Å²) >= 11 is 0. The highest BCUT2D eigenvalue weighted by Crippen LogP contribution is 2.15. The molecule has 0 aliphatic carbocycles. The van der Waals surface area contributed by atoms with Crippen molar-refractivity contribution in [2.24, 2.45) is 0 Å². The van der Waals surface area contributed by atoms with E-state index in [1.54, 1.807) is 0 Å². The van der Waals surface area contributed by atoms with Gasteiger partial charge in [0, 0.05) is 18.4 Å². The lowest BCUT2D eigenvalue weighted by molar-refractivity contribution is 0.0932. The summed E-state index contributed by atoms with van der Waals surface area (Å²) in [5, 5.41) is 3.19. The number of benzene rings is 1. The van der Waals surface area contributed by atoms with E-state index < -0.39 is 0 Å². The number of para-hydroxylation sites is 1. The van der Waals surface area contributed by atoms with Gasteiger partial charge in [-0.05, 0) is 37.1 Å². The summed E-state index contributed by atoms with van der Waals surface area (Å²) in [7, 11) is 0. The van der Waals surface area contributed by atoms with E-state index in [0.717, 1.165) is 36.9 Å². The Morgan fingerprint density at radius 2 is 1.67 bits per heavy atom. The first kappa shape index (κ1) is 15.4. The van der Waals surface area contributed by atoms with E-state index in [1.165, 1.54) is 0 Å². The van der Waals surface area contributed by atoms with Crippen LogP contribution >= 0.6 is 0 Å². The first-order valence-corrected chi connectivity index (χ1v) is 7.79. The molecule has 1 aromatic heterocycles. The zero-order chi connectivity index (χ0) is 15.1. The van der Waals surface area contributed by atoms with E-state index in [2.05, 4.69) is 19.2 Å². The molecule has 112 valence electrons. The quantitative estimate of drug-likeness (QED) is 0.813. The van der Waals surface area contributed by atoms with Gasteiger partial charge in [0.25, 0.3) is 5.91 Å². The Bertz CT molecular complexity index is 554. The van der Waals surface area contributed by atoms with Crippen molar-refractivity contribution in [3.63, 3.8) is 0 Å². The van der Waals surface area contributed by atoms with Crippen LogP contribution < -0.4 is 5.32 Å². The van der Waals surface area contributed by atoms with E-state index in [1.807, 2.05) is 53.4 Å². The van der Waals surface area contributed by atoms with E-state index in [-0.39, 0.29) is 11.9 Å². The van der Waals surface area contributed by atoms with Crippen LogP contribution in [0.3, 0.4) is 0 Å². The van der Waals surface area contributed by atoms with Gasteiger partial charge in [-0.3, -0.25) is 4.79 Å². The van der Waals surface area contributed by atoms with Gasteiger partial charge >= 0.3 is 0 Å². The van der Waals surface area contributed by atoms with E-state index in [9.17, 15) is 4.79 Å². The highest BCUT2D eigenvalue weighted by molar-refractivity contribution is 5.97. The topological polar surface area (TPSA) is 34.0 Å². The van der Waals surface area contributed by atoms with Crippen molar-refractivity contribution < 1.29 is 4.79 Å². The lowest BCUT2D eigenvalue weighted by Gasteiger charge is -2.18. The number of hydrogen-bond donors (Lipinski definition) is 1. The number of nitrogens with zero attached hydrogens (tertiary/aromatic N) is 1. The van der Waals surface area contributed by atoms with E-state index in [0.29, 0.717) is 0 Å². The van der Waals surface area contributed by atoms with E-state index in [4.69, 9.17) is 0 Å². The maximum absolute atomic E-state index is 12.6. The summed E-state index contributed by atoms with van der Waals surface area (Å²) in [4.78, 5) is 12.6. The second-order valence-electron chi connectivity index (χ2n) is 5.36. The summed E-state index contributed by atoms with van der Waals surface area (Å²) < 4.78 is 1.98. The third-order valence-corrected chi connectivity index (χ3v) is 3.64. The molecule has 21 heavy (non-hydrogen) atoms. The SMILES string of the molecule is CCCC(CCC)NC(=O)c1ccccc1-n1cccc1. The number of rotatable bonds is 7. The minimum atomic E-state index is 0.0196. The van der Waals surface area contributed by atoms with Gasteiger partial charge in [0.2, 0.25) is 0 Å². The number of carbonyl (C=O) groups is 1. The highest BCUT2D eigenvalue weighted by atomic mass is 16.1. The van der Waals surface area contributed by atoms with Crippen LogP contribution in [0.4, 0.5) is 0 Å². The van der Waals surface area contributed by atoms with Gasteiger partial charge < -0.3 is 9.88 Å². The molecule has 0 bridgehead atoms. The first-order chi connectivity index (χ1) is 10.3. The zero-order valence-corrected chi connectivity index (χ0v) is 12.9. The average Bonchev–Trinajstić information content (AvgIpc) is 3.02. The van der Waals surface area contributed by atoms with Gasteiger partial charge in [0.1, 0.15) is 0 Å². The number of hydrogen-bond acceptors (Lipinski definition) is 1. The monoisotopic (exact) mass is 284 g/mol. The number of carbonyl (C=O) groups excluding carboxylic acids is 1. The molecule has 0 spiro atoms. The third-order valence-electron chi connectivity index (χ3n) is 3.64. The Hall–Kier alpha value is -2.03. The largest absolute Gasteiger partial charge is 0.349 e. The smallest absolute Gasteiger partial charge is 0.253 e. The Morgan fingerprint density at radius 1 is 1.05 bits per heavy atom. The van der Waals surface area contributed by atoms with Crippen LogP contribution in [-0.2, 0) is 0 Å². The molecule has 1 aromatic carbocycles. The maximum Gasteiger partial charge on any atom is 0.253 e. The summed E-state index contributed by atoms with van der Waals surface area (Å²) in [5.41, 5.74) is 1.65. The molecule has 0 radical (unpaired) electrons. The fourth-order valence-electron chi connectivity index (χ4n) is 2.63. The predicted octanol–water partition coefficient (Wildman–Crippen LogP) is 4.18. The molecule has 0 atom stereocenters. The summed E-state index contributed by atoms with van der Waals surface area (Å²) in [6.45, 7) is 4.31. The molecule has 3 heteroatoms. The minimum absolute atomic E-state index is 0.0196. The molecule has 2 aromatic rings. The van der Waals surface area contributed by atoms with Gasteiger partial charge in [-0.2, -0.15) is 0 Å². The van der Waals surface area contributed by atoms with Crippen molar-refractivity contribution in [1.82, 2.24) is 9.88 Å². The zero-order valence-electron chi connectivity index (χ0n) is 12.9. The predicted molar refractivity (Wildman–Crippen MR) is 86.8 cm³/mol. The van der Waals surface area contributed by atoms with Gasteiger partial charge in [0.15, 0.2) is 0 Å². The molecule has 0 fully saturated rings. The summed E-state index contributed by atoms with van der Waals surface area (Å²) in [6.07, 6.45) is 8.16. The van der Waals surface area contributed by atoms with Crippen LogP contribution in [0.25, 0.3) is 5.69 Å². The fraction of sp³-hybridized carbons (Fsp3) is 0.389. The van der Waals surface area contributed by atoms with E-state index >= 15 is 0 Å². The lowest BCUT2D eigenvalue weighted by atomic mass is 10.1. The lowest BCUT2D eigenvalue weighted by Crippen LogP contribution is -2.35. The molecule has 3 nitrogen and oxygen atoms in total. The Labute approximate surface area is 127 Å². The Morgan fingerprint density at radius 3 is 2.29 bits per heavy atom. The Kier molecular flexibility index (Phi) is 5.61. The molecule has 1 amide bonds. The van der Waals surface area contributed by atoms with Crippen molar-refractivity contribution in [1.29, 1.82) is 0 Å². The number of amides is 1. The van der Waals surface area contributed by atoms with Crippen molar-refractivity contribution in [3.8, 4) is 5.69 Å². The molecule has 1 heterocycles. The van der Waals surface area contributed by atoms with Crippen LogP contribution in [0.5, 0.6) is 0 Å². The van der Waals surface area contributed by atoms with Crippen molar-refractivity contribution in [3.05, 3.63) is 54.4 Å². The van der Waals surface area contributed by atoms with Crippen LogP contribution in [0.15, 0.2) is 48.8 Å². The third kappa shape index (κ3) is 3.97. The van der Waals surface area contributed by atoms with Crippen molar-refractivity contribution in [2.75, 3.05) is 0 Å². The number of aromatic nitrogens is 1. The molecule has 2 rings (SSSR count). The molecule has 0 saturated heterocycles. The highest BCUT2D eigenvalue weighted by Gasteiger charge is 2.15. The number of nitrogens with one attached hydrogen (secondary N) is 1. The fourth-order valence-corrected chi connectivity index (χ4v) is 2.63. The van der Waals surface area contributed by atoms with Crippen LogP contribution in [0.2, 0.25) is 0 Å². The molecular weight excluding hydrogens is 260 g/mol. The first-order valence-electron chi connectivity index (χ1n) is 7.79. The summed E-state index contributed by atoms with van der Waals surface area (Å²) in [6, 6.07) is 11.9. The minimum Gasteiger partial charge on any atom is -0.349 e. The van der Waals surface area contributed by atoms with Crippen LogP contribution in [0.1, 0.15) is 49.9 Å². The standard InChI is InChI=1S/C18H24N2O/c1-3-9-15(10-4-2)19-18(21)16-11-5-6-12-17(16)20-13-7-8-14-20/h5-8,11-15H,3-4,9-10H2,1-2H3,(H,19,21). The second kappa shape index (κ2) is 7.67. The van der Waals surface area contributed by atoms with Gasteiger partial charge in [-0.15, -0.1) is 0 Å². The van der Waals surface area contributed by atoms with Crippen LogP contribution in [0, 0.1) is 0 Å². The molecule has 0 aliphatic rings. The van der Waals surface area contributed by atoms with Gasteiger partial charge in [-0.1, -0.05) is 38.8 Å². The normalized spacial score (nSPS) is 10.8. The van der Waals surface area contributed by atoms with Gasteiger partial charge in [0.05, 0.1) is 11.3 Å². The Balaban J connectivity index is 2.19. The van der Waals surface area contributed by atoms with Crippen LogP contribution in [-0.4, -0.2) is 16.5 Å².